The molecular formula is C14H25F2NO. The molecule has 0 heterocycles. The van der Waals surface area contributed by atoms with Crippen molar-refractivity contribution in [2.24, 2.45) is 11.8 Å². The standard InChI is InChI=1S/C14H25F2NO/c1-11-3-2-5-13(7-11,10-18)17-9-12-4-6-14(15,16)8-12/h11-12,17-18H,2-10H2,1H3. The number of alkyl halides is 2. The molecule has 2 fully saturated rings. The highest BCUT2D eigenvalue weighted by molar-refractivity contribution is 4.94. The molecule has 2 saturated carbocycles. The lowest BCUT2D eigenvalue weighted by molar-refractivity contribution is 0.00414. The Morgan fingerprint density at radius 1 is 1.22 bits per heavy atom. The van der Waals surface area contributed by atoms with Crippen LogP contribution >= 0.6 is 0 Å². The van der Waals surface area contributed by atoms with Crippen molar-refractivity contribution in [2.75, 3.05) is 13.2 Å². The van der Waals surface area contributed by atoms with Crippen LogP contribution in [0.3, 0.4) is 0 Å². The summed E-state index contributed by atoms with van der Waals surface area (Å²) < 4.78 is 26.2. The summed E-state index contributed by atoms with van der Waals surface area (Å²) >= 11 is 0. The first-order chi connectivity index (χ1) is 8.45. The Bertz CT molecular complexity index is 285. The summed E-state index contributed by atoms with van der Waals surface area (Å²) in [6.07, 6.45) is 4.92. The van der Waals surface area contributed by atoms with E-state index in [0.717, 1.165) is 19.3 Å². The van der Waals surface area contributed by atoms with Crippen LogP contribution in [-0.2, 0) is 0 Å². The highest BCUT2D eigenvalue weighted by Crippen LogP contribution is 2.39. The predicted octanol–water partition coefficient (Wildman–Crippen LogP) is 2.95. The van der Waals surface area contributed by atoms with Crippen LogP contribution < -0.4 is 5.32 Å². The minimum Gasteiger partial charge on any atom is -0.394 e. The largest absolute Gasteiger partial charge is 0.394 e. The van der Waals surface area contributed by atoms with Crippen molar-refractivity contribution in [3.63, 3.8) is 0 Å². The molecule has 0 radical (unpaired) electrons. The molecule has 106 valence electrons. The van der Waals surface area contributed by atoms with Crippen molar-refractivity contribution in [3.05, 3.63) is 0 Å². The molecule has 0 aromatic heterocycles. The van der Waals surface area contributed by atoms with Gasteiger partial charge in [0.05, 0.1) is 6.61 Å². The van der Waals surface area contributed by atoms with Crippen LogP contribution in [0.25, 0.3) is 0 Å². The third-order valence-electron chi connectivity index (χ3n) is 4.67. The van der Waals surface area contributed by atoms with Crippen LogP contribution in [0.4, 0.5) is 8.78 Å². The lowest BCUT2D eigenvalue weighted by Gasteiger charge is -2.40. The van der Waals surface area contributed by atoms with Crippen molar-refractivity contribution in [2.45, 2.75) is 63.3 Å². The highest BCUT2D eigenvalue weighted by atomic mass is 19.3. The van der Waals surface area contributed by atoms with Gasteiger partial charge in [0, 0.05) is 18.4 Å². The SMILES string of the molecule is CC1CCCC(CO)(NCC2CCC(F)(F)C2)C1. The molecule has 2 rings (SSSR count). The van der Waals surface area contributed by atoms with Gasteiger partial charge in [-0.3, -0.25) is 0 Å². The molecule has 0 spiro atoms. The average molecular weight is 261 g/mol. The Kier molecular flexibility index (Phi) is 4.27. The molecule has 0 amide bonds. The van der Waals surface area contributed by atoms with Gasteiger partial charge in [-0.1, -0.05) is 19.8 Å². The zero-order chi connectivity index (χ0) is 13.2. The maximum atomic E-state index is 13.1. The molecule has 0 aromatic rings. The summed E-state index contributed by atoms with van der Waals surface area (Å²) in [5.41, 5.74) is -0.213. The molecule has 18 heavy (non-hydrogen) atoms. The van der Waals surface area contributed by atoms with E-state index in [-0.39, 0.29) is 30.9 Å². The van der Waals surface area contributed by atoms with Gasteiger partial charge in [0.25, 0.3) is 0 Å². The first-order valence-corrected chi connectivity index (χ1v) is 7.18. The summed E-state index contributed by atoms with van der Waals surface area (Å²) in [6.45, 7) is 2.96. The second kappa shape index (κ2) is 5.41. The van der Waals surface area contributed by atoms with E-state index in [4.69, 9.17) is 0 Å². The van der Waals surface area contributed by atoms with E-state index in [0.29, 0.717) is 18.9 Å². The van der Waals surface area contributed by atoms with Crippen molar-refractivity contribution >= 4 is 0 Å². The monoisotopic (exact) mass is 261 g/mol. The van der Waals surface area contributed by atoms with E-state index in [1.165, 1.54) is 6.42 Å². The van der Waals surface area contributed by atoms with Crippen LogP contribution in [0.15, 0.2) is 0 Å². The lowest BCUT2D eigenvalue weighted by Crippen LogP contribution is -2.52. The first kappa shape index (κ1) is 14.2. The fourth-order valence-electron chi connectivity index (χ4n) is 3.60. The fraction of sp³-hybridized carbons (Fsp3) is 1.00. The molecule has 2 aliphatic rings. The number of hydrogen-bond acceptors (Lipinski definition) is 2. The van der Waals surface area contributed by atoms with Crippen LogP contribution in [-0.4, -0.2) is 29.7 Å². The average Bonchev–Trinajstić information content (AvgIpc) is 2.67. The van der Waals surface area contributed by atoms with Crippen LogP contribution in [0.5, 0.6) is 0 Å². The molecule has 4 heteroatoms. The molecule has 3 atom stereocenters. The van der Waals surface area contributed by atoms with Crippen LogP contribution in [0.2, 0.25) is 0 Å². The summed E-state index contributed by atoms with van der Waals surface area (Å²) in [7, 11) is 0. The summed E-state index contributed by atoms with van der Waals surface area (Å²) in [6, 6.07) is 0. The van der Waals surface area contributed by atoms with E-state index in [9.17, 15) is 13.9 Å². The van der Waals surface area contributed by atoms with E-state index in [1.807, 2.05) is 0 Å². The maximum absolute atomic E-state index is 13.1. The van der Waals surface area contributed by atoms with Crippen molar-refractivity contribution in [1.82, 2.24) is 5.32 Å². The van der Waals surface area contributed by atoms with Crippen molar-refractivity contribution in [3.8, 4) is 0 Å². The highest BCUT2D eigenvalue weighted by Gasteiger charge is 2.41. The second-order valence-electron chi connectivity index (χ2n) is 6.49. The van der Waals surface area contributed by atoms with Gasteiger partial charge in [-0.25, -0.2) is 8.78 Å². The fourth-order valence-corrected chi connectivity index (χ4v) is 3.60. The van der Waals surface area contributed by atoms with E-state index >= 15 is 0 Å². The molecule has 0 bridgehead atoms. The molecule has 2 nitrogen and oxygen atoms in total. The number of aliphatic hydroxyl groups is 1. The van der Waals surface area contributed by atoms with Gasteiger partial charge in [-0.15, -0.1) is 0 Å². The van der Waals surface area contributed by atoms with Gasteiger partial charge in [-0.05, 0) is 37.6 Å². The minimum absolute atomic E-state index is 0.0110. The number of hydrogen-bond donors (Lipinski definition) is 2. The van der Waals surface area contributed by atoms with E-state index < -0.39 is 5.92 Å². The normalized spacial score (nSPS) is 40.0. The summed E-state index contributed by atoms with van der Waals surface area (Å²) in [5.74, 6) is -1.78. The third-order valence-corrected chi connectivity index (χ3v) is 4.67. The van der Waals surface area contributed by atoms with Gasteiger partial charge < -0.3 is 10.4 Å². The topological polar surface area (TPSA) is 32.3 Å². The molecule has 0 aliphatic heterocycles. The Morgan fingerprint density at radius 2 is 2.00 bits per heavy atom. The molecule has 2 N–H and O–H groups in total. The van der Waals surface area contributed by atoms with Crippen LogP contribution in [0, 0.1) is 11.8 Å². The van der Waals surface area contributed by atoms with Crippen molar-refractivity contribution in [1.29, 1.82) is 0 Å². The Balaban J connectivity index is 1.84. The molecular weight excluding hydrogens is 236 g/mol. The molecule has 3 unspecified atom stereocenters. The third kappa shape index (κ3) is 3.41. The molecule has 0 aromatic carbocycles. The van der Waals surface area contributed by atoms with E-state index in [2.05, 4.69) is 12.2 Å². The Morgan fingerprint density at radius 3 is 2.56 bits per heavy atom. The van der Waals surface area contributed by atoms with Crippen LogP contribution in [0.1, 0.15) is 51.9 Å². The smallest absolute Gasteiger partial charge is 0.248 e. The molecule has 0 saturated heterocycles. The Hall–Kier alpha value is -0.220. The van der Waals surface area contributed by atoms with Gasteiger partial charge >= 0.3 is 0 Å². The number of nitrogens with one attached hydrogen (secondary N) is 1. The zero-order valence-electron chi connectivity index (χ0n) is 11.2. The van der Waals surface area contributed by atoms with E-state index in [1.54, 1.807) is 0 Å². The van der Waals surface area contributed by atoms with Gasteiger partial charge in [0.1, 0.15) is 0 Å². The van der Waals surface area contributed by atoms with Gasteiger partial charge in [0.2, 0.25) is 5.92 Å². The number of rotatable bonds is 4. The minimum atomic E-state index is -2.46. The second-order valence-corrected chi connectivity index (χ2v) is 6.49. The summed E-state index contributed by atoms with van der Waals surface area (Å²) in [5, 5.41) is 13.0. The summed E-state index contributed by atoms with van der Waals surface area (Å²) in [4.78, 5) is 0. The quantitative estimate of drug-likeness (QED) is 0.815. The predicted molar refractivity (Wildman–Crippen MR) is 67.7 cm³/mol. The number of aliphatic hydroxyl groups excluding tert-OH is 1. The molecule has 2 aliphatic carbocycles. The zero-order valence-corrected chi connectivity index (χ0v) is 11.2. The Labute approximate surface area is 108 Å². The van der Waals surface area contributed by atoms with Gasteiger partial charge in [-0.2, -0.15) is 0 Å². The van der Waals surface area contributed by atoms with Crippen molar-refractivity contribution < 1.29 is 13.9 Å². The first-order valence-electron chi connectivity index (χ1n) is 7.18. The lowest BCUT2D eigenvalue weighted by atomic mass is 9.76. The van der Waals surface area contributed by atoms with Gasteiger partial charge in [0.15, 0.2) is 0 Å². The maximum Gasteiger partial charge on any atom is 0.248 e. The number of halogens is 2.